The summed E-state index contributed by atoms with van der Waals surface area (Å²) in [7, 11) is 0. The molecule has 0 aromatic heterocycles. The molecule has 0 radical (unpaired) electrons. The first-order chi connectivity index (χ1) is 9.33. The quantitative estimate of drug-likeness (QED) is 0.507. The van der Waals surface area contributed by atoms with Gasteiger partial charge in [0.2, 0.25) is 0 Å². The summed E-state index contributed by atoms with van der Waals surface area (Å²) in [4.78, 5) is 2.54. The number of hydrogen-bond donors (Lipinski definition) is 0. The summed E-state index contributed by atoms with van der Waals surface area (Å²) in [6.45, 7) is 9.12. The number of unbranched alkanes of at least 4 members (excludes halogenated alkanes) is 4. The molecular formula is C18H31N. The highest BCUT2D eigenvalue weighted by atomic mass is 15.1. The molecule has 0 aliphatic carbocycles. The Morgan fingerprint density at radius 3 is 2.26 bits per heavy atom. The molecule has 0 amide bonds. The van der Waals surface area contributed by atoms with Crippen LogP contribution in [0, 0.1) is 0 Å². The van der Waals surface area contributed by atoms with E-state index in [0.29, 0.717) is 0 Å². The molecule has 0 spiro atoms. The zero-order valence-corrected chi connectivity index (χ0v) is 13.1. The molecule has 19 heavy (non-hydrogen) atoms. The highest BCUT2D eigenvalue weighted by Crippen LogP contribution is 2.23. The second kappa shape index (κ2) is 9.89. The van der Waals surface area contributed by atoms with Crippen LogP contribution in [0.25, 0.3) is 0 Å². The molecule has 0 fully saturated rings. The van der Waals surface area contributed by atoms with Gasteiger partial charge in [-0.2, -0.15) is 0 Å². The summed E-state index contributed by atoms with van der Waals surface area (Å²) in [5.41, 5.74) is 3.01. The fraction of sp³-hybridized carbons (Fsp3) is 0.667. The first kappa shape index (κ1) is 16.1. The first-order valence-corrected chi connectivity index (χ1v) is 8.16. The molecule has 0 aliphatic heterocycles. The van der Waals surface area contributed by atoms with E-state index in [1.165, 1.54) is 62.7 Å². The van der Waals surface area contributed by atoms with Crippen LogP contribution in [0.3, 0.4) is 0 Å². The maximum absolute atomic E-state index is 2.54. The van der Waals surface area contributed by atoms with Gasteiger partial charge in [-0.25, -0.2) is 0 Å². The monoisotopic (exact) mass is 261 g/mol. The lowest BCUT2D eigenvalue weighted by Gasteiger charge is -2.25. The molecular weight excluding hydrogens is 230 g/mol. The van der Waals surface area contributed by atoms with E-state index in [-0.39, 0.29) is 0 Å². The molecule has 1 rings (SSSR count). The molecule has 1 nitrogen and oxygen atoms in total. The summed E-state index contributed by atoms with van der Waals surface area (Å²) in [6, 6.07) is 8.98. The molecule has 0 atom stereocenters. The average Bonchev–Trinajstić information content (AvgIpc) is 2.45. The Balaban J connectivity index is 2.64. The third-order valence-corrected chi connectivity index (χ3v) is 3.80. The molecule has 0 aliphatic rings. The molecule has 0 bridgehead atoms. The van der Waals surface area contributed by atoms with Crippen molar-refractivity contribution in [3.8, 4) is 0 Å². The molecule has 0 heterocycles. The van der Waals surface area contributed by atoms with E-state index >= 15 is 0 Å². The van der Waals surface area contributed by atoms with Gasteiger partial charge in [-0.15, -0.1) is 0 Å². The van der Waals surface area contributed by atoms with Crippen molar-refractivity contribution >= 4 is 5.69 Å². The number of anilines is 1. The van der Waals surface area contributed by atoms with Gasteiger partial charge in [-0.3, -0.25) is 0 Å². The lowest BCUT2D eigenvalue weighted by atomic mass is 10.0. The van der Waals surface area contributed by atoms with Gasteiger partial charge < -0.3 is 4.90 Å². The number of benzene rings is 1. The van der Waals surface area contributed by atoms with E-state index in [9.17, 15) is 0 Å². The summed E-state index contributed by atoms with van der Waals surface area (Å²) in [6.07, 6.45) is 9.18. The minimum Gasteiger partial charge on any atom is -0.372 e. The zero-order valence-electron chi connectivity index (χ0n) is 13.1. The summed E-state index contributed by atoms with van der Waals surface area (Å²) in [5.74, 6) is 0. The fourth-order valence-corrected chi connectivity index (χ4v) is 2.57. The van der Waals surface area contributed by atoms with Crippen molar-refractivity contribution in [1.82, 2.24) is 0 Å². The number of para-hydroxylation sites is 1. The third-order valence-electron chi connectivity index (χ3n) is 3.80. The molecule has 0 saturated carbocycles. The molecule has 1 aromatic carbocycles. The highest BCUT2D eigenvalue weighted by Gasteiger charge is 2.08. The molecule has 0 unspecified atom stereocenters. The largest absolute Gasteiger partial charge is 0.372 e. The Morgan fingerprint density at radius 2 is 1.58 bits per heavy atom. The molecule has 0 N–H and O–H groups in total. The van der Waals surface area contributed by atoms with Crippen LogP contribution in [-0.4, -0.2) is 13.1 Å². The predicted octanol–water partition coefficient (Wildman–Crippen LogP) is 5.44. The van der Waals surface area contributed by atoms with Crippen molar-refractivity contribution in [2.24, 2.45) is 0 Å². The number of hydrogen-bond acceptors (Lipinski definition) is 1. The molecule has 0 saturated heterocycles. The fourth-order valence-electron chi connectivity index (χ4n) is 2.57. The van der Waals surface area contributed by atoms with Crippen LogP contribution in [0.1, 0.15) is 64.9 Å². The average molecular weight is 261 g/mol. The van der Waals surface area contributed by atoms with Crippen LogP contribution in [0.15, 0.2) is 24.3 Å². The third kappa shape index (κ3) is 5.67. The van der Waals surface area contributed by atoms with Gasteiger partial charge in [0.25, 0.3) is 0 Å². The standard InChI is InChI=1S/C18H31N/c1-4-7-9-10-13-17-14-11-12-15-18(17)19(6-3)16-8-5-2/h11-12,14-15H,4-10,13,16H2,1-3H3. The van der Waals surface area contributed by atoms with Gasteiger partial charge in [0.1, 0.15) is 0 Å². The van der Waals surface area contributed by atoms with Gasteiger partial charge >= 0.3 is 0 Å². The van der Waals surface area contributed by atoms with E-state index in [4.69, 9.17) is 0 Å². The van der Waals surface area contributed by atoms with E-state index in [1.54, 1.807) is 0 Å². The van der Waals surface area contributed by atoms with Crippen LogP contribution in [-0.2, 0) is 6.42 Å². The Hall–Kier alpha value is -0.980. The minimum absolute atomic E-state index is 1.12. The summed E-state index contributed by atoms with van der Waals surface area (Å²) < 4.78 is 0. The predicted molar refractivity (Wildman–Crippen MR) is 87.1 cm³/mol. The number of nitrogens with zero attached hydrogens (tertiary/aromatic N) is 1. The van der Waals surface area contributed by atoms with Gasteiger partial charge in [0.05, 0.1) is 0 Å². The van der Waals surface area contributed by atoms with Crippen molar-refractivity contribution in [2.75, 3.05) is 18.0 Å². The highest BCUT2D eigenvalue weighted by molar-refractivity contribution is 5.53. The van der Waals surface area contributed by atoms with E-state index in [0.717, 1.165) is 6.54 Å². The first-order valence-electron chi connectivity index (χ1n) is 8.16. The van der Waals surface area contributed by atoms with E-state index in [2.05, 4.69) is 49.9 Å². The van der Waals surface area contributed by atoms with Crippen LogP contribution >= 0.6 is 0 Å². The van der Waals surface area contributed by atoms with Crippen molar-refractivity contribution in [3.05, 3.63) is 29.8 Å². The lowest BCUT2D eigenvalue weighted by molar-refractivity contribution is 0.663. The Bertz CT molecular complexity index is 332. The van der Waals surface area contributed by atoms with Crippen LogP contribution < -0.4 is 4.90 Å². The smallest absolute Gasteiger partial charge is 0.0398 e. The summed E-state index contributed by atoms with van der Waals surface area (Å²) >= 11 is 0. The van der Waals surface area contributed by atoms with E-state index in [1.807, 2.05) is 0 Å². The second-order valence-electron chi connectivity index (χ2n) is 5.37. The SMILES string of the molecule is CCCCCCc1ccccc1N(CC)CCCC. The van der Waals surface area contributed by atoms with Gasteiger partial charge in [-0.1, -0.05) is 57.7 Å². The maximum Gasteiger partial charge on any atom is 0.0398 e. The van der Waals surface area contributed by atoms with Crippen LogP contribution in [0.5, 0.6) is 0 Å². The van der Waals surface area contributed by atoms with Crippen molar-refractivity contribution in [3.63, 3.8) is 0 Å². The van der Waals surface area contributed by atoms with Gasteiger partial charge in [-0.05, 0) is 37.8 Å². The van der Waals surface area contributed by atoms with Gasteiger partial charge in [0.15, 0.2) is 0 Å². The minimum atomic E-state index is 1.12. The van der Waals surface area contributed by atoms with Crippen LogP contribution in [0.2, 0.25) is 0 Å². The van der Waals surface area contributed by atoms with E-state index < -0.39 is 0 Å². The maximum atomic E-state index is 2.54. The molecule has 108 valence electrons. The van der Waals surface area contributed by atoms with Crippen molar-refractivity contribution < 1.29 is 0 Å². The Kier molecular flexibility index (Phi) is 8.36. The molecule has 1 heteroatoms. The second-order valence-corrected chi connectivity index (χ2v) is 5.37. The topological polar surface area (TPSA) is 3.24 Å². The zero-order chi connectivity index (χ0) is 13.9. The lowest BCUT2D eigenvalue weighted by Crippen LogP contribution is -2.24. The van der Waals surface area contributed by atoms with Crippen molar-refractivity contribution in [1.29, 1.82) is 0 Å². The number of aryl methyl sites for hydroxylation is 1. The Labute approximate surface area is 120 Å². The number of rotatable bonds is 10. The summed E-state index contributed by atoms with van der Waals surface area (Å²) in [5, 5.41) is 0. The van der Waals surface area contributed by atoms with Crippen LogP contribution in [0.4, 0.5) is 5.69 Å². The van der Waals surface area contributed by atoms with Crippen molar-refractivity contribution in [2.45, 2.75) is 65.7 Å². The Morgan fingerprint density at radius 1 is 0.842 bits per heavy atom. The normalized spacial score (nSPS) is 10.7. The van der Waals surface area contributed by atoms with Gasteiger partial charge in [0, 0.05) is 18.8 Å². The molecule has 1 aromatic rings.